The topological polar surface area (TPSA) is 47.6 Å². The van der Waals surface area contributed by atoms with Gasteiger partial charge in [0.25, 0.3) is 5.91 Å². The molecule has 1 N–H and O–H groups in total. The Balaban J connectivity index is 2.18. The first-order valence-corrected chi connectivity index (χ1v) is 8.15. The van der Waals surface area contributed by atoms with E-state index in [-0.39, 0.29) is 11.9 Å². The lowest BCUT2D eigenvalue weighted by Crippen LogP contribution is -2.30. The summed E-state index contributed by atoms with van der Waals surface area (Å²) >= 11 is 6.02. The lowest BCUT2D eigenvalue weighted by molar-refractivity contribution is 0.0943. The Morgan fingerprint density at radius 1 is 1.21 bits per heavy atom. The lowest BCUT2D eigenvalue weighted by Gasteiger charge is -2.14. The van der Waals surface area contributed by atoms with Crippen molar-refractivity contribution in [1.29, 1.82) is 0 Å². The van der Waals surface area contributed by atoms with Crippen molar-refractivity contribution in [3.8, 4) is 11.5 Å². The molecule has 0 fully saturated rings. The van der Waals surface area contributed by atoms with Crippen LogP contribution < -0.4 is 14.8 Å². The normalized spacial score (nSPS) is 10.6. The maximum atomic E-state index is 12.2. The van der Waals surface area contributed by atoms with Gasteiger partial charge in [-0.05, 0) is 62.7 Å². The van der Waals surface area contributed by atoms with Gasteiger partial charge in [0.1, 0.15) is 18.1 Å². The van der Waals surface area contributed by atoms with Gasteiger partial charge in [0.2, 0.25) is 0 Å². The lowest BCUT2D eigenvalue weighted by atomic mass is 10.1. The Hall–Kier alpha value is -2.20. The minimum absolute atomic E-state index is 0.0799. The minimum atomic E-state index is -0.115. The Kier molecular flexibility index (Phi) is 6.10. The molecule has 0 saturated carbocycles. The summed E-state index contributed by atoms with van der Waals surface area (Å²) in [4.78, 5) is 12.2. The maximum absolute atomic E-state index is 12.2. The van der Waals surface area contributed by atoms with Gasteiger partial charge in [-0.2, -0.15) is 0 Å². The summed E-state index contributed by atoms with van der Waals surface area (Å²) in [5.74, 6) is 1.29. The average molecular weight is 348 g/mol. The molecular weight excluding hydrogens is 326 g/mol. The zero-order valence-electron chi connectivity index (χ0n) is 14.4. The van der Waals surface area contributed by atoms with E-state index in [1.54, 1.807) is 31.4 Å². The van der Waals surface area contributed by atoms with Crippen molar-refractivity contribution < 1.29 is 14.3 Å². The fraction of sp³-hybridized carbons (Fsp3) is 0.316. The van der Waals surface area contributed by atoms with Crippen molar-refractivity contribution in [2.45, 2.75) is 33.4 Å². The van der Waals surface area contributed by atoms with Crippen LogP contribution in [0.4, 0.5) is 0 Å². The number of carbonyl (C=O) groups is 1. The van der Waals surface area contributed by atoms with Crippen LogP contribution in [-0.2, 0) is 6.61 Å². The van der Waals surface area contributed by atoms with Crippen LogP contribution in [0.5, 0.6) is 11.5 Å². The minimum Gasteiger partial charge on any atom is -0.496 e. The van der Waals surface area contributed by atoms with Crippen LogP contribution >= 0.6 is 11.6 Å². The molecular formula is C19H22ClNO3. The highest BCUT2D eigenvalue weighted by Crippen LogP contribution is 2.25. The van der Waals surface area contributed by atoms with E-state index in [1.807, 2.05) is 32.9 Å². The molecule has 0 aliphatic heterocycles. The predicted molar refractivity (Wildman–Crippen MR) is 96.1 cm³/mol. The number of ether oxygens (including phenoxy) is 2. The monoisotopic (exact) mass is 347 g/mol. The largest absolute Gasteiger partial charge is 0.496 e. The number of carbonyl (C=O) groups excluding carboxylic acids is 1. The molecule has 0 bridgehead atoms. The summed E-state index contributed by atoms with van der Waals surface area (Å²) in [5.41, 5.74) is 2.34. The summed E-state index contributed by atoms with van der Waals surface area (Å²) in [5, 5.41) is 3.58. The number of amides is 1. The molecule has 0 atom stereocenters. The molecule has 4 nitrogen and oxygen atoms in total. The highest BCUT2D eigenvalue weighted by atomic mass is 35.5. The van der Waals surface area contributed by atoms with E-state index in [2.05, 4.69) is 5.32 Å². The number of hydrogen-bond acceptors (Lipinski definition) is 3. The summed E-state index contributed by atoms with van der Waals surface area (Å²) in [6, 6.07) is 10.9. The van der Waals surface area contributed by atoms with E-state index in [4.69, 9.17) is 21.1 Å². The van der Waals surface area contributed by atoms with E-state index in [9.17, 15) is 4.79 Å². The van der Waals surface area contributed by atoms with Crippen molar-refractivity contribution in [3.05, 3.63) is 58.1 Å². The van der Waals surface area contributed by atoms with Gasteiger partial charge in [-0.25, -0.2) is 0 Å². The SMILES string of the molecule is COc1ccc(C(=O)NC(C)C)cc1COc1ccc(Cl)c(C)c1. The van der Waals surface area contributed by atoms with Crippen LogP contribution in [0.15, 0.2) is 36.4 Å². The van der Waals surface area contributed by atoms with E-state index < -0.39 is 0 Å². The first-order chi connectivity index (χ1) is 11.4. The van der Waals surface area contributed by atoms with Gasteiger partial charge in [-0.1, -0.05) is 11.6 Å². The zero-order valence-corrected chi connectivity index (χ0v) is 15.1. The highest BCUT2D eigenvalue weighted by molar-refractivity contribution is 6.31. The number of halogens is 1. The molecule has 128 valence electrons. The van der Waals surface area contributed by atoms with Gasteiger partial charge in [0.05, 0.1) is 7.11 Å². The van der Waals surface area contributed by atoms with Gasteiger partial charge >= 0.3 is 0 Å². The predicted octanol–water partition coefficient (Wildman–Crippen LogP) is 4.37. The second-order valence-corrected chi connectivity index (χ2v) is 6.26. The van der Waals surface area contributed by atoms with Crippen LogP contribution in [0.1, 0.15) is 35.3 Å². The molecule has 0 heterocycles. The number of nitrogens with one attached hydrogen (secondary N) is 1. The number of benzene rings is 2. The zero-order chi connectivity index (χ0) is 17.7. The number of rotatable bonds is 6. The van der Waals surface area contributed by atoms with Crippen LogP contribution in [0.25, 0.3) is 0 Å². The average Bonchev–Trinajstić information content (AvgIpc) is 2.55. The second kappa shape index (κ2) is 8.06. The number of methoxy groups -OCH3 is 1. The summed E-state index contributed by atoms with van der Waals surface area (Å²) < 4.78 is 11.2. The number of hydrogen-bond donors (Lipinski definition) is 1. The van der Waals surface area contributed by atoms with E-state index in [0.717, 1.165) is 16.9 Å². The van der Waals surface area contributed by atoms with Gasteiger partial charge < -0.3 is 14.8 Å². The third-order valence-corrected chi connectivity index (χ3v) is 3.91. The van der Waals surface area contributed by atoms with Crippen molar-refractivity contribution in [3.63, 3.8) is 0 Å². The fourth-order valence-corrected chi connectivity index (χ4v) is 2.36. The van der Waals surface area contributed by atoms with Crippen molar-refractivity contribution in [2.24, 2.45) is 0 Å². The molecule has 0 aliphatic carbocycles. The third kappa shape index (κ3) is 4.65. The summed E-state index contributed by atoms with van der Waals surface area (Å²) in [6.07, 6.45) is 0. The Labute approximate surface area is 147 Å². The van der Waals surface area contributed by atoms with E-state index >= 15 is 0 Å². The molecule has 0 aliphatic rings. The van der Waals surface area contributed by atoms with Gasteiger partial charge in [-0.3, -0.25) is 4.79 Å². The molecule has 0 spiro atoms. The van der Waals surface area contributed by atoms with Crippen LogP contribution in [-0.4, -0.2) is 19.1 Å². The molecule has 2 aromatic carbocycles. The molecule has 2 rings (SSSR count). The molecule has 0 saturated heterocycles. The Bertz CT molecular complexity index is 729. The van der Waals surface area contributed by atoms with Crippen molar-refractivity contribution >= 4 is 17.5 Å². The molecule has 0 unspecified atom stereocenters. The molecule has 0 aromatic heterocycles. The standard InChI is InChI=1S/C19H22ClNO3/c1-12(2)21-19(22)14-5-8-18(23-4)15(10-14)11-24-16-6-7-17(20)13(3)9-16/h5-10,12H,11H2,1-4H3,(H,21,22). The Morgan fingerprint density at radius 2 is 1.96 bits per heavy atom. The summed E-state index contributed by atoms with van der Waals surface area (Å²) in [6.45, 7) is 6.07. The van der Waals surface area contributed by atoms with E-state index in [1.165, 1.54) is 0 Å². The van der Waals surface area contributed by atoms with Crippen LogP contribution in [0.3, 0.4) is 0 Å². The van der Waals surface area contributed by atoms with Crippen molar-refractivity contribution in [2.75, 3.05) is 7.11 Å². The first-order valence-electron chi connectivity index (χ1n) is 7.77. The Morgan fingerprint density at radius 3 is 2.58 bits per heavy atom. The summed E-state index contributed by atoms with van der Waals surface area (Å²) in [7, 11) is 1.60. The molecule has 5 heteroatoms. The molecule has 24 heavy (non-hydrogen) atoms. The number of aryl methyl sites for hydroxylation is 1. The maximum Gasteiger partial charge on any atom is 0.251 e. The first kappa shape index (κ1) is 18.1. The highest BCUT2D eigenvalue weighted by Gasteiger charge is 2.12. The molecule has 2 aromatic rings. The van der Waals surface area contributed by atoms with E-state index in [0.29, 0.717) is 22.9 Å². The van der Waals surface area contributed by atoms with Crippen LogP contribution in [0.2, 0.25) is 5.02 Å². The van der Waals surface area contributed by atoms with Crippen molar-refractivity contribution in [1.82, 2.24) is 5.32 Å². The van der Waals surface area contributed by atoms with Gasteiger partial charge in [-0.15, -0.1) is 0 Å². The van der Waals surface area contributed by atoms with Gasteiger partial charge in [0.15, 0.2) is 0 Å². The smallest absolute Gasteiger partial charge is 0.251 e. The van der Waals surface area contributed by atoms with Gasteiger partial charge in [0, 0.05) is 22.2 Å². The quantitative estimate of drug-likeness (QED) is 0.843. The molecule has 1 amide bonds. The second-order valence-electron chi connectivity index (χ2n) is 5.85. The fourth-order valence-electron chi connectivity index (χ4n) is 2.25. The third-order valence-electron chi connectivity index (χ3n) is 3.49. The molecule has 0 radical (unpaired) electrons. The van der Waals surface area contributed by atoms with Crippen LogP contribution in [0, 0.1) is 6.92 Å².